The first kappa shape index (κ1) is 13.7. The van der Waals surface area contributed by atoms with E-state index in [1.165, 1.54) is 16.2 Å². The first-order valence-corrected chi connectivity index (χ1v) is 8.66. The summed E-state index contributed by atoms with van der Waals surface area (Å²) in [7, 11) is 0. The van der Waals surface area contributed by atoms with Gasteiger partial charge in [0, 0.05) is 21.7 Å². The van der Waals surface area contributed by atoms with E-state index in [2.05, 4.69) is 52.4 Å². The van der Waals surface area contributed by atoms with Crippen LogP contribution in [0.15, 0.2) is 83.3 Å². The minimum Gasteiger partial charge on any atom is -0.434 e. The average molecular weight is 334 g/mol. The average Bonchev–Trinajstić information content (AvgIpc) is 3.30. The fraction of sp³-hybridized carbons (Fsp3) is 0. The minimum absolute atomic E-state index is 0.650. The van der Waals surface area contributed by atoms with Gasteiger partial charge in [-0.3, -0.25) is 0 Å². The van der Waals surface area contributed by atoms with E-state index in [1.807, 2.05) is 36.4 Å². The van der Waals surface area contributed by atoms with E-state index in [0.717, 1.165) is 33.1 Å². The molecule has 0 radical (unpaired) electrons. The summed E-state index contributed by atoms with van der Waals surface area (Å²) in [5, 5.41) is 4.81. The van der Waals surface area contributed by atoms with Crippen molar-refractivity contribution in [1.82, 2.24) is 9.97 Å². The van der Waals surface area contributed by atoms with Crippen LogP contribution in [-0.4, -0.2) is 9.97 Å². The number of fused-ring (bicyclic) bond motifs is 7. The molecular formula is C23H14N2O. The lowest BCUT2D eigenvalue weighted by atomic mass is 10.1. The molecule has 0 aliphatic rings. The molecule has 0 saturated heterocycles. The predicted molar refractivity (Wildman–Crippen MR) is 106 cm³/mol. The molecular weight excluding hydrogens is 320 g/mol. The quantitative estimate of drug-likeness (QED) is 0.384. The lowest BCUT2D eigenvalue weighted by molar-refractivity contribution is 0.622. The van der Waals surface area contributed by atoms with Crippen molar-refractivity contribution in [2.45, 2.75) is 0 Å². The number of hydrogen-bond donors (Lipinski definition) is 1. The number of oxazole rings is 1. The van der Waals surface area contributed by atoms with Crippen LogP contribution in [0.1, 0.15) is 0 Å². The summed E-state index contributed by atoms with van der Waals surface area (Å²) in [4.78, 5) is 8.27. The van der Waals surface area contributed by atoms with Gasteiger partial charge in [-0.2, -0.15) is 0 Å². The molecule has 0 aliphatic heterocycles. The molecule has 26 heavy (non-hydrogen) atoms. The molecule has 0 atom stereocenters. The molecule has 0 spiro atoms. The van der Waals surface area contributed by atoms with Gasteiger partial charge in [-0.05, 0) is 29.7 Å². The van der Waals surface area contributed by atoms with Gasteiger partial charge in [-0.15, -0.1) is 0 Å². The Morgan fingerprint density at radius 2 is 1.42 bits per heavy atom. The Bertz CT molecular complexity index is 1420. The summed E-state index contributed by atoms with van der Waals surface area (Å²) in [5.41, 5.74) is 4.80. The van der Waals surface area contributed by atoms with Crippen molar-refractivity contribution in [3.05, 3.63) is 78.9 Å². The third-order valence-corrected chi connectivity index (χ3v) is 5.05. The second kappa shape index (κ2) is 4.96. The van der Waals surface area contributed by atoms with Crippen LogP contribution in [0, 0.1) is 0 Å². The second-order valence-corrected chi connectivity index (χ2v) is 6.56. The molecule has 4 aromatic carbocycles. The maximum Gasteiger partial charge on any atom is 0.227 e. The highest BCUT2D eigenvalue weighted by molar-refractivity contribution is 6.21. The van der Waals surface area contributed by atoms with E-state index in [-0.39, 0.29) is 0 Å². The normalized spacial score (nSPS) is 11.8. The standard InChI is InChI=1S/C23H14N2O/c1-2-7-15(8-3-1)23-24-19-13-12-18-17-11-10-14-6-4-5-9-16(14)20(17)25-21(18)22(19)26-23/h1-13,25H. The highest BCUT2D eigenvalue weighted by Gasteiger charge is 2.15. The van der Waals surface area contributed by atoms with Gasteiger partial charge in [-0.25, -0.2) is 4.98 Å². The Hall–Kier alpha value is -3.59. The van der Waals surface area contributed by atoms with Crippen molar-refractivity contribution in [2.24, 2.45) is 0 Å². The van der Waals surface area contributed by atoms with E-state index < -0.39 is 0 Å². The Labute approximate surface area is 148 Å². The van der Waals surface area contributed by atoms with Crippen LogP contribution in [0.2, 0.25) is 0 Å². The number of nitrogens with one attached hydrogen (secondary N) is 1. The van der Waals surface area contributed by atoms with Crippen LogP contribution in [0.4, 0.5) is 0 Å². The fourth-order valence-electron chi connectivity index (χ4n) is 3.80. The van der Waals surface area contributed by atoms with E-state index >= 15 is 0 Å². The van der Waals surface area contributed by atoms with Crippen LogP contribution in [0.25, 0.3) is 55.1 Å². The molecule has 0 unspecified atom stereocenters. The third-order valence-electron chi connectivity index (χ3n) is 5.05. The van der Waals surface area contributed by atoms with Gasteiger partial charge in [0.15, 0.2) is 5.58 Å². The smallest absolute Gasteiger partial charge is 0.227 e. The van der Waals surface area contributed by atoms with Gasteiger partial charge in [0.2, 0.25) is 5.89 Å². The predicted octanol–water partition coefficient (Wildman–Crippen LogP) is 6.28. The zero-order valence-electron chi connectivity index (χ0n) is 13.9. The highest BCUT2D eigenvalue weighted by atomic mass is 16.3. The van der Waals surface area contributed by atoms with Crippen molar-refractivity contribution >= 4 is 43.7 Å². The maximum absolute atomic E-state index is 6.17. The molecule has 0 amide bonds. The molecule has 6 rings (SSSR count). The van der Waals surface area contributed by atoms with E-state index in [0.29, 0.717) is 5.89 Å². The third kappa shape index (κ3) is 1.80. The Balaban J connectivity index is 1.72. The van der Waals surface area contributed by atoms with E-state index in [1.54, 1.807) is 0 Å². The Morgan fingerprint density at radius 3 is 2.35 bits per heavy atom. The summed E-state index contributed by atoms with van der Waals surface area (Å²) in [6.45, 7) is 0. The molecule has 2 aromatic heterocycles. The molecule has 0 saturated carbocycles. The van der Waals surface area contributed by atoms with Crippen LogP contribution in [-0.2, 0) is 0 Å². The van der Waals surface area contributed by atoms with Crippen LogP contribution in [0.3, 0.4) is 0 Å². The molecule has 3 nitrogen and oxygen atoms in total. The molecule has 122 valence electrons. The number of hydrogen-bond acceptors (Lipinski definition) is 2. The van der Waals surface area contributed by atoms with Crippen LogP contribution in [0.5, 0.6) is 0 Å². The molecule has 0 bridgehead atoms. The largest absolute Gasteiger partial charge is 0.434 e. The van der Waals surface area contributed by atoms with Crippen molar-refractivity contribution in [2.75, 3.05) is 0 Å². The minimum atomic E-state index is 0.650. The first-order valence-electron chi connectivity index (χ1n) is 8.66. The highest BCUT2D eigenvalue weighted by Crippen LogP contribution is 2.36. The summed E-state index contributed by atoms with van der Waals surface area (Å²) >= 11 is 0. The molecule has 0 fully saturated rings. The number of H-pyrrole nitrogens is 1. The number of benzene rings is 4. The number of nitrogens with zero attached hydrogens (tertiary/aromatic N) is 1. The second-order valence-electron chi connectivity index (χ2n) is 6.56. The summed E-state index contributed by atoms with van der Waals surface area (Å²) in [6, 6.07) is 27.0. The van der Waals surface area contributed by atoms with Crippen LogP contribution < -0.4 is 0 Å². The SMILES string of the molecule is c1ccc(-c2nc3ccc4c5ccc6ccccc6c5[nH]c4c3o2)cc1. The molecule has 2 heterocycles. The lowest BCUT2D eigenvalue weighted by Crippen LogP contribution is -1.74. The monoisotopic (exact) mass is 334 g/mol. The van der Waals surface area contributed by atoms with E-state index in [4.69, 9.17) is 4.42 Å². The summed E-state index contributed by atoms with van der Waals surface area (Å²) in [6.07, 6.45) is 0. The van der Waals surface area contributed by atoms with Crippen molar-refractivity contribution in [1.29, 1.82) is 0 Å². The van der Waals surface area contributed by atoms with Gasteiger partial charge in [0.05, 0.1) is 11.0 Å². The van der Waals surface area contributed by atoms with Gasteiger partial charge < -0.3 is 9.40 Å². The molecule has 6 aromatic rings. The van der Waals surface area contributed by atoms with Crippen molar-refractivity contribution in [3.8, 4) is 11.5 Å². The molecule has 1 N–H and O–H groups in total. The summed E-state index contributed by atoms with van der Waals surface area (Å²) < 4.78 is 6.17. The zero-order chi connectivity index (χ0) is 17.1. The fourth-order valence-corrected chi connectivity index (χ4v) is 3.80. The maximum atomic E-state index is 6.17. The Kier molecular flexibility index (Phi) is 2.61. The molecule has 0 aliphatic carbocycles. The topological polar surface area (TPSA) is 41.8 Å². The lowest BCUT2D eigenvalue weighted by Gasteiger charge is -1.98. The van der Waals surface area contributed by atoms with Crippen molar-refractivity contribution in [3.63, 3.8) is 0 Å². The van der Waals surface area contributed by atoms with E-state index in [9.17, 15) is 0 Å². The van der Waals surface area contributed by atoms with Gasteiger partial charge in [0.1, 0.15) is 5.52 Å². The van der Waals surface area contributed by atoms with Gasteiger partial charge >= 0.3 is 0 Å². The number of aromatic nitrogens is 2. The van der Waals surface area contributed by atoms with Gasteiger partial charge in [-0.1, -0.05) is 54.6 Å². The van der Waals surface area contributed by atoms with Gasteiger partial charge in [0.25, 0.3) is 0 Å². The summed E-state index contributed by atoms with van der Waals surface area (Å²) in [5.74, 6) is 0.650. The first-order chi connectivity index (χ1) is 12.9. The number of aromatic amines is 1. The Morgan fingerprint density at radius 1 is 0.654 bits per heavy atom. The van der Waals surface area contributed by atoms with Crippen molar-refractivity contribution < 1.29 is 4.42 Å². The molecule has 3 heteroatoms. The number of rotatable bonds is 1. The van der Waals surface area contributed by atoms with Crippen LogP contribution >= 0.6 is 0 Å². The zero-order valence-corrected chi connectivity index (χ0v) is 13.9.